The molecule has 5 heteroatoms. The third kappa shape index (κ3) is 1.82. The summed E-state index contributed by atoms with van der Waals surface area (Å²) in [5, 5.41) is 7.97. The quantitative estimate of drug-likeness (QED) is 0.784. The van der Waals surface area contributed by atoms with Gasteiger partial charge in [0.25, 0.3) is 0 Å². The molecule has 2 unspecified atom stereocenters. The third-order valence-corrected chi connectivity index (χ3v) is 4.68. The van der Waals surface area contributed by atoms with Crippen molar-refractivity contribution in [1.29, 1.82) is 0 Å². The van der Waals surface area contributed by atoms with Crippen LogP contribution >= 0.6 is 0 Å². The zero-order chi connectivity index (χ0) is 14.5. The number of nitrogens with zero attached hydrogens (tertiary/aromatic N) is 4. The van der Waals surface area contributed by atoms with Crippen molar-refractivity contribution in [2.45, 2.75) is 18.5 Å². The lowest BCUT2D eigenvalue weighted by Gasteiger charge is -2.48. The average molecular weight is 291 g/mol. The Hall–Kier alpha value is -2.40. The predicted octanol–water partition coefficient (Wildman–Crippen LogP) is 1.95. The highest BCUT2D eigenvalue weighted by Crippen LogP contribution is 2.28. The molecule has 0 saturated carbocycles. The molecule has 22 heavy (non-hydrogen) atoms. The Balaban J connectivity index is 1.54. The number of pyridine rings is 2. The Morgan fingerprint density at radius 1 is 1.05 bits per heavy atom. The molecule has 3 saturated heterocycles. The fourth-order valence-electron chi connectivity index (χ4n) is 3.58. The highest BCUT2D eigenvalue weighted by molar-refractivity contribution is 5.78. The van der Waals surface area contributed by atoms with Gasteiger partial charge in [-0.3, -0.25) is 0 Å². The standard InChI is InChI=1S/C17H17N5/c1-2-7-22-16(5-1)14(9-18-22)15-4-3-6-17(20-15)21-10-12-8-13(11-21)19-12/h1-7,9,12-13,19H,8,10-11H2. The molecular formula is C17H17N5. The van der Waals surface area contributed by atoms with E-state index >= 15 is 0 Å². The lowest BCUT2D eigenvalue weighted by molar-refractivity contribution is 0.225. The third-order valence-electron chi connectivity index (χ3n) is 4.68. The molecule has 3 aromatic rings. The molecular weight excluding hydrogens is 274 g/mol. The van der Waals surface area contributed by atoms with Gasteiger partial charge < -0.3 is 10.2 Å². The SMILES string of the molecule is c1cc(-c2cnn3ccccc23)nc(N2CC3CC(C2)N3)c1. The largest absolute Gasteiger partial charge is 0.353 e. The Bertz CT molecular complexity index is 824. The van der Waals surface area contributed by atoms with Crippen LogP contribution in [0.2, 0.25) is 0 Å². The number of fused-ring (bicyclic) bond motifs is 3. The van der Waals surface area contributed by atoms with Crippen LogP contribution in [0.15, 0.2) is 48.8 Å². The minimum absolute atomic E-state index is 0.640. The van der Waals surface area contributed by atoms with Crippen molar-refractivity contribution in [3.05, 3.63) is 48.8 Å². The van der Waals surface area contributed by atoms with Crippen LogP contribution in [0.5, 0.6) is 0 Å². The monoisotopic (exact) mass is 291 g/mol. The smallest absolute Gasteiger partial charge is 0.129 e. The molecule has 3 aliphatic heterocycles. The average Bonchev–Trinajstić information content (AvgIpc) is 2.99. The minimum atomic E-state index is 0.640. The van der Waals surface area contributed by atoms with Gasteiger partial charge in [0.1, 0.15) is 5.82 Å². The van der Waals surface area contributed by atoms with Crippen molar-refractivity contribution >= 4 is 11.3 Å². The topological polar surface area (TPSA) is 45.5 Å². The summed E-state index contributed by atoms with van der Waals surface area (Å²) in [7, 11) is 0. The summed E-state index contributed by atoms with van der Waals surface area (Å²) in [6.07, 6.45) is 5.17. The molecule has 0 amide bonds. The van der Waals surface area contributed by atoms with Gasteiger partial charge in [0.2, 0.25) is 0 Å². The first kappa shape index (κ1) is 12.2. The van der Waals surface area contributed by atoms with Crippen molar-refractivity contribution in [1.82, 2.24) is 19.9 Å². The van der Waals surface area contributed by atoms with E-state index in [9.17, 15) is 0 Å². The van der Waals surface area contributed by atoms with E-state index < -0.39 is 0 Å². The van der Waals surface area contributed by atoms with Crippen LogP contribution in [0.1, 0.15) is 6.42 Å². The van der Waals surface area contributed by atoms with Crippen LogP contribution in [-0.2, 0) is 0 Å². The van der Waals surface area contributed by atoms with Crippen molar-refractivity contribution in [2.24, 2.45) is 0 Å². The molecule has 0 spiro atoms. The van der Waals surface area contributed by atoms with Gasteiger partial charge in [0.15, 0.2) is 0 Å². The zero-order valence-electron chi connectivity index (χ0n) is 12.2. The molecule has 2 bridgehead atoms. The number of nitrogens with one attached hydrogen (secondary N) is 1. The van der Waals surface area contributed by atoms with E-state index in [1.165, 1.54) is 6.42 Å². The number of aromatic nitrogens is 3. The van der Waals surface area contributed by atoms with Crippen LogP contribution < -0.4 is 10.2 Å². The first-order valence-corrected chi connectivity index (χ1v) is 7.77. The van der Waals surface area contributed by atoms with E-state index in [4.69, 9.17) is 4.98 Å². The molecule has 3 aliphatic rings. The summed E-state index contributed by atoms with van der Waals surface area (Å²) in [6, 6.07) is 13.7. The van der Waals surface area contributed by atoms with Crippen LogP contribution in [0.25, 0.3) is 16.8 Å². The van der Waals surface area contributed by atoms with E-state index in [-0.39, 0.29) is 0 Å². The Labute approximate surface area is 128 Å². The maximum absolute atomic E-state index is 4.89. The Morgan fingerprint density at radius 3 is 2.77 bits per heavy atom. The highest BCUT2D eigenvalue weighted by Gasteiger charge is 2.36. The number of anilines is 1. The predicted molar refractivity (Wildman–Crippen MR) is 86.0 cm³/mol. The van der Waals surface area contributed by atoms with Gasteiger partial charge in [-0.25, -0.2) is 9.50 Å². The first-order valence-electron chi connectivity index (χ1n) is 7.77. The molecule has 6 rings (SSSR count). The van der Waals surface area contributed by atoms with Crippen molar-refractivity contribution < 1.29 is 0 Å². The summed E-state index contributed by atoms with van der Waals surface area (Å²) in [5.74, 6) is 1.07. The number of rotatable bonds is 2. The number of hydrogen-bond acceptors (Lipinski definition) is 4. The summed E-state index contributed by atoms with van der Waals surface area (Å²) in [4.78, 5) is 7.28. The summed E-state index contributed by atoms with van der Waals surface area (Å²) < 4.78 is 1.89. The zero-order valence-corrected chi connectivity index (χ0v) is 12.2. The maximum atomic E-state index is 4.89. The Morgan fingerprint density at radius 2 is 1.91 bits per heavy atom. The second-order valence-corrected chi connectivity index (χ2v) is 6.17. The van der Waals surface area contributed by atoms with Gasteiger partial charge in [0.05, 0.1) is 17.4 Å². The lowest BCUT2D eigenvalue weighted by Crippen LogP contribution is -2.67. The van der Waals surface area contributed by atoms with Gasteiger partial charge in [-0.15, -0.1) is 0 Å². The van der Waals surface area contributed by atoms with E-state index in [1.54, 1.807) is 0 Å². The highest BCUT2D eigenvalue weighted by atomic mass is 15.3. The van der Waals surface area contributed by atoms with Crippen molar-refractivity contribution in [3.63, 3.8) is 0 Å². The van der Waals surface area contributed by atoms with E-state index in [0.29, 0.717) is 12.1 Å². The molecule has 5 nitrogen and oxygen atoms in total. The fourth-order valence-corrected chi connectivity index (χ4v) is 3.58. The molecule has 0 aliphatic carbocycles. The number of piperazine rings is 1. The summed E-state index contributed by atoms with van der Waals surface area (Å²) in [6.45, 7) is 2.11. The molecule has 3 aromatic heterocycles. The van der Waals surface area contributed by atoms with Crippen LogP contribution in [-0.4, -0.2) is 39.8 Å². The molecule has 1 N–H and O–H groups in total. The number of piperidine rings is 1. The summed E-state index contributed by atoms with van der Waals surface area (Å²) >= 11 is 0. The van der Waals surface area contributed by atoms with E-state index in [0.717, 1.165) is 35.7 Å². The van der Waals surface area contributed by atoms with Crippen molar-refractivity contribution in [3.8, 4) is 11.3 Å². The lowest BCUT2D eigenvalue weighted by atomic mass is 9.91. The van der Waals surface area contributed by atoms with Gasteiger partial charge in [-0.05, 0) is 30.7 Å². The van der Waals surface area contributed by atoms with Crippen LogP contribution in [0.4, 0.5) is 5.82 Å². The van der Waals surface area contributed by atoms with Crippen LogP contribution in [0.3, 0.4) is 0 Å². The molecule has 3 fully saturated rings. The van der Waals surface area contributed by atoms with Crippen LogP contribution in [0, 0.1) is 0 Å². The van der Waals surface area contributed by atoms with Gasteiger partial charge in [0, 0.05) is 36.9 Å². The van der Waals surface area contributed by atoms with Crippen molar-refractivity contribution in [2.75, 3.05) is 18.0 Å². The normalized spacial score (nSPS) is 23.5. The maximum Gasteiger partial charge on any atom is 0.129 e. The molecule has 6 heterocycles. The van der Waals surface area contributed by atoms with E-state index in [2.05, 4.69) is 39.6 Å². The molecule has 110 valence electrons. The van der Waals surface area contributed by atoms with Gasteiger partial charge in [-0.1, -0.05) is 12.1 Å². The van der Waals surface area contributed by atoms with E-state index in [1.807, 2.05) is 29.0 Å². The fraction of sp³-hybridized carbons (Fsp3) is 0.294. The minimum Gasteiger partial charge on any atom is -0.353 e. The van der Waals surface area contributed by atoms with Gasteiger partial charge >= 0.3 is 0 Å². The Kier molecular flexibility index (Phi) is 2.52. The summed E-state index contributed by atoms with van der Waals surface area (Å²) in [5.41, 5.74) is 3.17. The molecule has 0 radical (unpaired) electrons. The first-order chi connectivity index (χ1) is 10.9. The number of hydrogen-bond donors (Lipinski definition) is 1. The van der Waals surface area contributed by atoms with Gasteiger partial charge in [-0.2, -0.15) is 5.10 Å². The second kappa shape index (κ2) is 4.55. The molecule has 2 atom stereocenters. The molecule has 0 aromatic carbocycles. The second-order valence-electron chi connectivity index (χ2n) is 6.17.